The molecule has 38 heavy (non-hydrogen) atoms. The molecule has 0 bridgehead atoms. The van der Waals surface area contributed by atoms with Crippen molar-refractivity contribution in [1.82, 2.24) is 14.4 Å². The number of aryl methyl sites for hydroxylation is 1. The summed E-state index contributed by atoms with van der Waals surface area (Å²) in [7, 11) is 1.59. The molecule has 0 fully saturated rings. The van der Waals surface area contributed by atoms with Crippen LogP contribution in [0.5, 0.6) is 0 Å². The third-order valence-electron chi connectivity index (χ3n) is 6.70. The summed E-state index contributed by atoms with van der Waals surface area (Å²) in [5.74, 6) is -0.0814. The Labute approximate surface area is 234 Å². The van der Waals surface area contributed by atoms with Crippen molar-refractivity contribution in [3.63, 3.8) is 0 Å². The number of nitrogens with one attached hydrogen (secondary N) is 1. The summed E-state index contributed by atoms with van der Waals surface area (Å²) in [5.41, 5.74) is 5.10. The molecule has 1 aromatic heterocycles. The van der Waals surface area contributed by atoms with Gasteiger partial charge in [0.2, 0.25) is 5.91 Å². The van der Waals surface area contributed by atoms with E-state index in [2.05, 4.69) is 50.9 Å². The Morgan fingerprint density at radius 1 is 1.00 bits per heavy atom. The van der Waals surface area contributed by atoms with E-state index in [1.54, 1.807) is 7.11 Å². The Bertz CT molecular complexity index is 1190. The number of rotatable bonds is 13. The Morgan fingerprint density at radius 2 is 1.76 bits per heavy atom. The number of amides is 3. The minimum absolute atomic E-state index is 0.0167. The lowest BCUT2D eigenvalue weighted by Gasteiger charge is -2.28. The highest BCUT2D eigenvalue weighted by Crippen LogP contribution is 2.19. The van der Waals surface area contributed by atoms with Gasteiger partial charge in [-0.2, -0.15) is 0 Å². The number of carbonyl (C=O) groups excluding carboxylic acids is 2. The smallest absolute Gasteiger partial charge is 0.322 e. The van der Waals surface area contributed by atoms with Crippen molar-refractivity contribution in [2.75, 3.05) is 38.7 Å². The number of halogens is 1. The van der Waals surface area contributed by atoms with Crippen LogP contribution in [0.4, 0.5) is 10.5 Å². The fourth-order valence-corrected chi connectivity index (χ4v) is 4.43. The fraction of sp³-hybridized carbons (Fsp3) is 0.400. The molecule has 0 saturated heterocycles. The zero-order valence-corrected chi connectivity index (χ0v) is 24.5. The van der Waals surface area contributed by atoms with Gasteiger partial charge in [0.1, 0.15) is 6.54 Å². The van der Waals surface area contributed by atoms with Crippen LogP contribution >= 0.6 is 15.9 Å². The van der Waals surface area contributed by atoms with Crippen LogP contribution in [0.2, 0.25) is 0 Å². The lowest BCUT2D eigenvalue weighted by atomic mass is 10.1. The highest BCUT2D eigenvalue weighted by atomic mass is 79.9. The highest BCUT2D eigenvalue weighted by molar-refractivity contribution is 9.10. The number of carbonyl (C=O) groups is 2. The molecule has 2 aromatic carbocycles. The third kappa shape index (κ3) is 8.46. The number of hydrogen-bond acceptors (Lipinski definition) is 3. The molecule has 0 aliphatic rings. The van der Waals surface area contributed by atoms with Gasteiger partial charge in [0, 0.05) is 48.8 Å². The second-order valence-corrected chi connectivity index (χ2v) is 10.4. The largest absolute Gasteiger partial charge is 0.383 e. The van der Waals surface area contributed by atoms with Gasteiger partial charge >= 0.3 is 6.03 Å². The number of hydrogen-bond donors (Lipinski definition) is 1. The second kappa shape index (κ2) is 14.7. The zero-order chi connectivity index (χ0) is 27.5. The maximum absolute atomic E-state index is 13.6. The zero-order valence-electron chi connectivity index (χ0n) is 22.9. The van der Waals surface area contributed by atoms with E-state index in [4.69, 9.17) is 4.74 Å². The van der Waals surface area contributed by atoms with E-state index in [9.17, 15) is 9.59 Å². The van der Waals surface area contributed by atoms with Crippen LogP contribution < -0.4 is 5.32 Å². The van der Waals surface area contributed by atoms with Crippen LogP contribution in [0.3, 0.4) is 0 Å². The number of benzene rings is 2. The van der Waals surface area contributed by atoms with Gasteiger partial charge in [0.25, 0.3) is 0 Å². The molecule has 0 aliphatic carbocycles. The molecule has 0 spiro atoms. The summed E-state index contributed by atoms with van der Waals surface area (Å²) < 4.78 is 8.45. The molecule has 0 saturated carbocycles. The molecule has 3 rings (SSSR count). The summed E-state index contributed by atoms with van der Waals surface area (Å²) in [6.45, 7) is 8.59. The molecule has 7 nitrogen and oxygen atoms in total. The predicted octanol–water partition coefficient (Wildman–Crippen LogP) is 6.22. The molecule has 8 heteroatoms. The average Bonchev–Trinajstić information content (AvgIpc) is 3.34. The van der Waals surface area contributed by atoms with Crippen molar-refractivity contribution in [3.8, 4) is 0 Å². The summed E-state index contributed by atoms with van der Waals surface area (Å²) in [5, 5.41) is 2.99. The van der Waals surface area contributed by atoms with Gasteiger partial charge in [0.15, 0.2) is 0 Å². The number of urea groups is 1. The first-order valence-electron chi connectivity index (χ1n) is 13.1. The van der Waals surface area contributed by atoms with E-state index in [1.807, 2.05) is 61.3 Å². The Balaban J connectivity index is 1.74. The summed E-state index contributed by atoms with van der Waals surface area (Å²) in [4.78, 5) is 30.2. The van der Waals surface area contributed by atoms with Crippen molar-refractivity contribution >= 4 is 33.6 Å². The van der Waals surface area contributed by atoms with Gasteiger partial charge in [-0.05, 0) is 67.3 Å². The Kier molecular flexibility index (Phi) is 11.4. The van der Waals surface area contributed by atoms with E-state index >= 15 is 0 Å². The van der Waals surface area contributed by atoms with Crippen molar-refractivity contribution in [1.29, 1.82) is 0 Å². The molecule has 1 heterocycles. The van der Waals surface area contributed by atoms with Crippen molar-refractivity contribution < 1.29 is 14.3 Å². The molecule has 0 radical (unpaired) electrons. The van der Waals surface area contributed by atoms with Gasteiger partial charge in [0.05, 0.1) is 13.2 Å². The molecule has 0 unspecified atom stereocenters. The van der Waals surface area contributed by atoms with Gasteiger partial charge in [-0.3, -0.25) is 4.79 Å². The first-order valence-corrected chi connectivity index (χ1v) is 13.9. The SMILES string of the molecule is CCCCN(Cc1cccn1Cc1ccc(Br)cc1)C(=O)CN(CCOC)C(=O)Nc1cccc(C)c1C. The maximum Gasteiger partial charge on any atom is 0.322 e. The maximum atomic E-state index is 13.6. The van der Waals surface area contributed by atoms with Crippen LogP contribution in [0.25, 0.3) is 0 Å². The molecule has 1 N–H and O–H groups in total. The molecular formula is C30H39BrN4O3. The van der Waals surface area contributed by atoms with Crippen molar-refractivity contribution in [2.24, 2.45) is 0 Å². The summed E-state index contributed by atoms with van der Waals surface area (Å²) in [6.07, 6.45) is 3.92. The average molecular weight is 584 g/mol. The van der Waals surface area contributed by atoms with Crippen LogP contribution in [0.1, 0.15) is 42.1 Å². The van der Waals surface area contributed by atoms with E-state index in [1.165, 1.54) is 10.5 Å². The minimum Gasteiger partial charge on any atom is -0.383 e. The number of anilines is 1. The van der Waals surface area contributed by atoms with E-state index in [-0.39, 0.29) is 18.5 Å². The summed E-state index contributed by atoms with van der Waals surface area (Å²) >= 11 is 3.49. The molecule has 204 valence electrons. The molecule has 0 atom stereocenters. The van der Waals surface area contributed by atoms with E-state index in [0.717, 1.165) is 46.4 Å². The minimum atomic E-state index is -0.307. The highest BCUT2D eigenvalue weighted by Gasteiger charge is 2.22. The van der Waals surface area contributed by atoms with Crippen LogP contribution in [0, 0.1) is 13.8 Å². The lowest BCUT2D eigenvalue weighted by molar-refractivity contribution is -0.132. The van der Waals surface area contributed by atoms with E-state index < -0.39 is 0 Å². The Morgan fingerprint density at radius 3 is 2.47 bits per heavy atom. The predicted molar refractivity (Wildman–Crippen MR) is 156 cm³/mol. The number of aromatic nitrogens is 1. The number of nitrogens with zero attached hydrogens (tertiary/aromatic N) is 3. The molecular weight excluding hydrogens is 544 g/mol. The lowest BCUT2D eigenvalue weighted by Crippen LogP contribution is -2.46. The van der Waals surface area contributed by atoms with Crippen molar-refractivity contribution in [3.05, 3.63) is 87.7 Å². The number of unbranched alkanes of at least 4 members (excludes halogenated alkanes) is 1. The first kappa shape index (κ1) is 29.5. The standard InChI is InChI=1S/C30H39BrN4O3/c1-5-6-16-34(21-27-10-8-17-33(27)20-25-12-14-26(31)15-13-25)29(36)22-35(18-19-38-4)30(37)32-28-11-7-9-23(2)24(28)3/h7-15,17H,5-6,16,18-22H2,1-4H3,(H,32,37). The topological polar surface area (TPSA) is 66.8 Å². The van der Waals surface area contributed by atoms with Crippen molar-refractivity contribution in [2.45, 2.75) is 46.7 Å². The molecule has 0 aliphatic heterocycles. The van der Waals surface area contributed by atoms with Crippen LogP contribution in [-0.4, -0.2) is 59.7 Å². The van der Waals surface area contributed by atoms with Crippen LogP contribution in [-0.2, 0) is 22.6 Å². The fourth-order valence-electron chi connectivity index (χ4n) is 4.17. The second-order valence-electron chi connectivity index (χ2n) is 9.51. The van der Waals surface area contributed by atoms with Crippen LogP contribution in [0.15, 0.2) is 65.3 Å². The number of methoxy groups -OCH3 is 1. The normalized spacial score (nSPS) is 10.9. The van der Waals surface area contributed by atoms with Gasteiger partial charge < -0.3 is 24.4 Å². The Hall–Kier alpha value is -3.10. The monoisotopic (exact) mass is 582 g/mol. The third-order valence-corrected chi connectivity index (χ3v) is 7.23. The summed E-state index contributed by atoms with van der Waals surface area (Å²) in [6, 6.07) is 17.8. The molecule has 3 aromatic rings. The number of ether oxygens (including phenoxy) is 1. The first-order chi connectivity index (χ1) is 18.3. The van der Waals surface area contributed by atoms with Gasteiger partial charge in [-0.25, -0.2) is 4.79 Å². The quantitative estimate of drug-likeness (QED) is 0.260. The van der Waals surface area contributed by atoms with Gasteiger partial charge in [-0.1, -0.05) is 53.5 Å². The molecule has 3 amide bonds. The van der Waals surface area contributed by atoms with Gasteiger partial charge in [-0.15, -0.1) is 0 Å². The van der Waals surface area contributed by atoms with E-state index in [0.29, 0.717) is 26.2 Å².